The molecule has 0 amide bonds. The van der Waals surface area contributed by atoms with Gasteiger partial charge in [0.15, 0.2) is 0 Å². The first-order valence-corrected chi connectivity index (χ1v) is 5.52. The number of hydrogen-bond acceptors (Lipinski definition) is 4. The number of aromatic nitrogens is 1. The summed E-state index contributed by atoms with van der Waals surface area (Å²) in [6.07, 6.45) is 1.43. The molecule has 6 heteroatoms. The van der Waals surface area contributed by atoms with Crippen LogP contribution in [0.3, 0.4) is 0 Å². The number of pyridine rings is 1. The first-order chi connectivity index (χ1) is 7.16. The van der Waals surface area contributed by atoms with Crippen molar-refractivity contribution < 1.29 is 14.6 Å². The van der Waals surface area contributed by atoms with Crippen LogP contribution in [0.1, 0.15) is 10.4 Å². The zero-order chi connectivity index (χ0) is 11.3. The predicted molar refractivity (Wildman–Crippen MR) is 58.8 cm³/mol. The lowest BCUT2D eigenvalue weighted by Crippen LogP contribution is -2.00. The Morgan fingerprint density at radius 3 is 3.07 bits per heavy atom. The van der Waals surface area contributed by atoms with Crippen molar-refractivity contribution in [2.75, 3.05) is 19.5 Å². The lowest BCUT2D eigenvalue weighted by molar-refractivity contribution is 0.0696. The van der Waals surface area contributed by atoms with Crippen LogP contribution in [0.15, 0.2) is 17.3 Å². The van der Waals surface area contributed by atoms with Crippen LogP contribution in [-0.2, 0) is 4.74 Å². The van der Waals surface area contributed by atoms with Gasteiger partial charge in [0.05, 0.1) is 17.2 Å². The van der Waals surface area contributed by atoms with Crippen molar-refractivity contribution in [1.29, 1.82) is 0 Å². The molecule has 15 heavy (non-hydrogen) atoms. The van der Waals surface area contributed by atoms with E-state index in [0.717, 1.165) is 0 Å². The minimum Gasteiger partial charge on any atom is -0.478 e. The van der Waals surface area contributed by atoms with Crippen LogP contribution in [0, 0.1) is 0 Å². The van der Waals surface area contributed by atoms with Gasteiger partial charge in [-0.1, -0.05) is 11.6 Å². The number of ether oxygens (including phenoxy) is 1. The van der Waals surface area contributed by atoms with E-state index >= 15 is 0 Å². The Kier molecular flexibility index (Phi) is 4.87. The highest BCUT2D eigenvalue weighted by Gasteiger charge is 2.13. The van der Waals surface area contributed by atoms with Crippen LogP contribution in [-0.4, -0.2) is 35.5 Å². The summed E-state index contributed by atoms with van der Waals surface area (Å²) in [4.78, 5) is 14.8. The third-order valence-electron chi connectivity index (χ3n) is 1.61. The Bertz CT molecular complexity index is 359. The molecular formula is C9H10ClNO3S. The van der Waals surface area contributed by atoms with Crippen LogP contribution < -0.4 is 0 Å². The Labute approximate surface area is 96.6 Å². The summed E-state index contributed by atoms with van der Waals surface area (Å²) in [5.74, 6) is -0.359. The third-order valence-corrected chi connectivity index (χ3v) is 3.06. The van der Waals surface area contributed by atoms with Gasteiger partial charge in [0.1, 0.15) is 5.03 Å². The molecule has 0 atom stereocenters. The van der Waals surface area contributed by atoms with Crippen molar-refractivity contribution >= 4 is 29.3 Å². The standard InChI is InChI=1S/C9H10ClNO3S/c1-14-4-5-15-8-7(10)6(9(12)13)2-3-11-8/h2-3H,4-5H2,1H3,(H,12,13). The molecule has 0 aromatic carbocycles. The third kappa shape index (κ3) is 3.37. The minimum absolute atomic E-state index is 0.0755. The topological polar surface area (TPSA) is 59.4 Å². The first kappa shape index (κ1) is 12.3. The van der Waals surface area contributed by atoms with Crippen LogP contribution in [0.5, 0.6) is 0 Å². The summed E-state index contributed by atoms with van der Waals surface area (Å²) in [5, 5.41) is 9.52. The van der Waals surface area contributed by atoms with Crippen molar-refractivity contribution in [3.63, 3.8) is 0 Å². The molecule has 0 aliphatic heterocycles. The molecule has 0 unspecified atom stereocenters. The van der Waals surface area contributed by atoms with Gasteiger partial charge in [-0.2, -0.15) is 0 Å². The summed E-state index contributed by atoms with van der Waals surface area (Å²) >= 11 is 7.25. The maximum absolute atomic E-state index is 10.8. The molecule has 0 bridgehead atoms. The van der Waals surface area contributed by atoms with E-state index in [-0.39, 0.29) is 10.6 Å². The van der Waals surface area contributed by atoms with Gasteiger partial charge in [-0.3, -0.25) is 0 Å². The van der Waals surface area contributed by atoms with Crippen LogP contribution >= 0.6 is 23.4 Å². The minimum atomic E-state index is -1.05. The number of nitrogens with zero attached hydrogens (tertiary/aromatic N) is 1. The molecule has 82 valence electrons. The van der Waals surface area contributed by atoms with Crippen LogP contribution in [0.4, 0.5) is 0 Å². The number of methoxy groups -OCH3 is 1. The number of carboxylic acids is 1. The normalized spacial score (nSPS) is 10.3. The van der Waals surface area contributed by atoms with Gasteiger partial charge in [0, 0.05) is 19.1 Å². The summed E-state index contributed by atoms with van der Waals surface area (Å²) in [5.41, 5.74) is 0.0755. The molecular weight excluding hydrogens is 238 g/mol. The van der Waals surface area contributed by atoms with Gasteiger partial charge in [-0.05, 0) is 6.07 Å². The van der Waals surface area contributed by atoms with E-state index in [2.05, 4.69) is 4.98 Å². The molecule has 1 rings (SSSR count). The zero-order valence-electron chi connectivity index (χ0n) is 8.07. The number of carboxylic acid groups (broad SMARTS) is 1. The highest BCUT2D eigenvalue weighted by molar-refractivity contribution is 7.99. The van der Waals surface area contributed by atoms with Gasteiger partial charge in [-0.15, -0.1) is 11.8 Å². The molecule has 1 aromatic rings. The molecule has 4 nitrogen and oxygen atoms in total. The number of rotatable bonds is 5. The number of carbonyl (C=O) groups is 1. The largest absolute Gasteiger partial charge is 0.478 e. The molecule has 0 aliphatic rings. The Morgan fingerprint density at radius 2 is 2.47 bits per heavy atom. The fraction of sp³-hybridized carbons (Fsp3) is 0.333. The van der Waals surface area contributed by atoms with E-state index in [4.69, 9.17) is 21.4 Å². The summed E-state index contributed by atoms with van der Waals surface area (Å²) in [7, 11) is 1.60. The van der Waals surface area contributed by atoms with Gasteiger partial charge >= 0.3 is 5.97 Å². The molecule has 1 heterocycles. The maximum atomic E-state index is 10.8. The van der Waals surface area contributed by atoms with Gasteiger partial charge in [0.2, 0.25) is 0 Å². The molecule has 0 fully saturated rings. The maximum Gasteiger partial charge on any atom is 0.337 e. The van der Waals surface area contributed by atoms with Gasteiger partial charge in [-0.25, -0.2) is 9.78 Å². The quantitative estimate of drug-likeness (QED) is 0.638. The molecule has 0 radical (unpaired) electrons. The summed E-state index contributed by atoms with van der Waals surface area (Å²) in [6, 6.07) is 1.38. The van der Waals surface area contributed by atoms with E-state index in [9.17, 15) is 4.79 Å². The molecule has 1 aromatic heterocycles. The second-order valence-electron chi connectivity index (χ2n) is 2.62. The van der Waals surface area contributed by atoms with Crippen molar-refractivity contribution in [2.24, 2.45) is 0 Å². The predicted octanol–water partition coefficient (Wildman–Crippen LogP) is 2.17. The van der Waals surface area contributed by atoms with Gasteiger partial charge in [0.25, 0.3) is 0 Å². The lowest BCUT2D eigenvalue weighted by atomic mass is 10.3. The first-order valence-electron chi connectivity index (χ1n) is 4.16. The molecule has 1 N–H and O–H groups in total. The SMILES string of the molecule is COCCSc1nccc(C(=O)O)c1Cl. The van der Waals surface area contributed by atoms with E-state index in [1.165, 1.54) is 24.0 Å². The number of aromatic carboxylic acids is 1. The Morgan fingerprint density at radius 1 is 1.73 bits per heavy atom. The average molecular weight is 248 g/mol. The van der Waals surface area contributed by atoms with Crippen LogP contribution in [0.25, 0.3) is 0 Å². The zero-order valence-corrected chi connectivity index (χ0v) is 9.64. The van der Waals surface area contributed by atoms with E-state index in [0.29, 0.717) is 17.4 Å². The highest BCUT2D eigenvalue weighted by atomic mass is 35.5. The number of hydrogen-bond donors (Lipinski definition) is 1. The van der Waals surface area contributed by atoms with Crippen molar-refractivity contribution in [3.05, 3.63) is 22.8 Å². The van der Waals surface area contributed by atoms with Crippen LogP contribution in [0.2, 0.25) is 5.02 Å². The molecule has 0 spiro atoms. The van der Waals surface area contributed by atoms with E-state index in [1.54, 1.807) is 7.11 Å². The Balaban J connectivity index is 2.80. The van der Waals surface area contributed by atoms with Crippen molar-refractivity contribution in [1.82, 2.24) is 4.98 Å². The van der Waals surface area contributed by atoms with E-state index < -0.39 is 5.97 Å². The van der Waals surface area contributed by atoms with Gasteiger partial charge < -0.3 is 9.84 Å². The second kappa shape index (κ2) is 5.95. The second-order valence-corrected chi connectivity index (χ2v) is 4.09. The molecule has 0 aliphatic carbocycles. The number of halogens is 1. The fourth-order valence-corrected chi connectivity index (χ4v) is 2.08. The smallest absolute Gasteiger partial charge is 0.337 e. The average Bonchev–Trinajstić information content (AvgIpc) is 2.20. The molecule has 0 saturated carbocycles. The summed E-state index contributed by atoms with van der Waals surface area (Å²) < 4.78 is 4.87. The lowest BCUT2D eigenvalue weighted by Gasteiger charge is -2.04. The number of thioether (sulfide) groups is 1. The highest BCUT2D eigenvalue weighted by Crippen LogP contribution is 2.27. The van der Waals surface area contributed by atoms with Crippen molar-refractivity contribution in [2.45, 2.75) is 5.03 Å². The molecule has 0 saturated heterocycles. The Hall–Kier alpha value is -0.780. The monoisotopic (exact) mass is 247 g/mol. The van der Waals surface area contributed by atoms with Crippen molar-refractivity contribution in [3.8, 4) is 0 Å². The van der Waals surface area contributed by atoms with E-state index in [1.807, 2.05) is 0 Å². The summed E-state index contributed by atoms with van der Waals surface area (Å²) in [6.45, 7) is 0.569. The fourth-order valence-electron chi connectivity index (χ4n) is 0.912.